The highest BCUT2D eigenvalue weighted by molar-refractivity contribution is 5.97. The number of unbranched alkanes of at least 4 members (excludes halogenated alkanes) is 1. The van der Waals surface area contributed by atoms with Gasteiger partial charge in [0.15, 0.2) is 12.4 Å². The molecule has 1 saturated carbocycles. The summed E-state index contributed by atoms with van der Waals surface area (Å²) in [6, 6.07) is 11.2. The topological polar surface area (TPSA) is 123 Å². The standard InChI is InChI=1S/C33H45N5O5/c1-37(31(42)15-18-38-20-25-5-4-6-26(25)21-38)17-3-2-7-29(40)35-27-11-8-23(9-12-27)19-34-16-14-24-10-13-28(39)32-33(24)43-22-30(41)36-32/h8-13,25-26,34,39H,2-7,14-22H2,1H3,(H,35,40)(H,36,41). The smallest absolute Gasteiger partial charge is 0.262 e. The molecule has 2 atom stereocenters. The van der Waals surface area contributed by atoms with Crippen molar-refractivity contribution >= 4 is 29.1 Å². The lowest BCUT2D eigenvalue weighted by atomic mass is 10.0. The number of hydrogen-bond acceptors (Lipinski definition) is 7. The molecule has 3 aliphatic rings. The highest BCUT2D eigenvalue weighted by atomic mass is 16.5. The van der Waals surface area contributed by atoms with Crippen molar-refractivity contribution in [1.82, 2.24) is 15.1 Å². The summed E-state index contributed by atoms with van der Waals surface area (Å²) in [5, 5.41) is 19.0. The summed E-state index contributed by atoms with van der Waals surface area (Å²) in [5.74, 6) is 2.14. The fraction of sp³-hybridized carbons (Fsp3) is 0.545. The fourth-order valence-corrected chi connectivity index (χ4v) is 6.51. The molecule has 3 amide bonds. The van der Waals surface area contributed by atoms with Crippen LogP contribution in [0, 0.1) is 11.8 Å². The molecule has 2 aromatic rings. The lowest BCUT2D eigenvalue weighted by Crippen LogP contribution is -2.32. The van der Waals surface area contributed by atoms with Gasteiger partial charge in [0.05, 0.1) is 0 Å². The van der Waals surface area contributed by atoms with Gasteiger partial charge in [-0.2, -0.15) is 0 Å². The molecule has 0 spiro atoms. The Morgan fingerprint density at radius 3 is 2.60 bits per heavy atom. The Morgan fingerprint density at radius 1 is 1.07 bits per heavy atom. The minimum absolute atomic E-state index is 0.00371. The summed E-state index contributed by atoms with van der Waals surface area (Å²) in [4.78, 5) is 40.8. The van der Waals surface area contributed by atoms with Crippen LogP contribution in [0.3, 0.4) is 0 Å². The maximum absolute atomic E-state index is 12.6. The molecular weight excluding hydrogens is 546 g/mol. The van der Waals surface area contributed by atoms with Crippen molar-refractivity contribution in [2.24, 2.45) is 11.8 Å². The Balaban J connectivity index is 0.931. The summed E-state index contributed by atoms with van der Waals surface area (Å²) >= 11 is 0. The average molecular weight is 592 g/mol. The predicted octanol–water partition coefficient (Wildman–Crippen LogP) is 3.74. The van der Waals surface area contributed by atoms with Crippen LogP contribution in [-0.2, 0) is 27.3 Å². The molecule has 1 saturated heterocycles. The number of fused-ring (bicyclic) bond motifs is 2. The highest BCUT2D eigenvalue weighted by Crippen LogP contribution is 2.39. The zero-order chi connectivity index (χ0) is 30.2. The lowest BCUT2D eigenvalue weighted by Gasteiger charge is -2.21. The van der Waals surface area contributed by atoms with Crippen LogP contribution in [0.5, 0.6) is 11.5 Å². The van der Waals surface area contributed by atoms with E-state index < -0.39 is 0 Å². The van der Waals surface area contributed by atoms with Crippen LogP contribution in [0.4, 0.5) is 11.4 Å². The van der Waals surface area contributed by atoms with Crippen LogP contribution in [0.1, 0.15) is 56.1 Å². The van der Waals surface area contributed by atoms with Crippen molar-refractivity contribution in [3.63, 3.8) is 0 Å². The van der Waals surface area contributed by atoms with E-state index in [0.717, 1.165) is 48.0 Å². The molecule has 2 heterocycles. The van der Waals surface area contributed by atoms with E-state index in [1.165, 1.54) is 32.4 Å². The van der Waals surface area contributed by atoms with Gasteiger partial charge in [0.25, 0.3) is 5.91 Å². The number of aromatic hydroxyl groups is 1. The van der Waals surface area contributed by atoms with Crippen molar-refractivity contribution in [3.05, 3.63) is 47.5 Å². The van der Waals surface area contributed by atoms with Gasteiger partial charge in [0.2, 0.25) is 11.8 Å². The molecule has 1 aliphatic carbocycles. The van der Waals surface area contributed by atoms with Gasteiger partial charge >= 0.3 is 0 Å². The summed E-state index contributed by atoms with van der Waals surface area (Å²) in [6.45, 7) is 5.17. The van der Waals surface area contributed by atoms with E-state index in [9.17, 15) is 19.5 Å². The highest BCUT2D eigenvalue weighted by Gasteiger charge is 2.35. The predicted molar refractivity (Wildman–Crippen MR) is 166 cm³/mol. The van der Waals surface area contributed by atoms with Crippen LogP contribution in [-0.4, -0.2) is 79.0 Å². The molecule has 0 radical (unpaired) electrons. The first-order valence-electron chi connectivity index (χ1n) is 15.7. The van der Waals surface area contributed by atoms with E-state index in [-0.39, 0.29) is 30.1 Å². The van der Waals surface area contributed by atoms with Crippen LogP contribution in [0.25, 0.3) is 0 Å². The largest absolute Gasteiger partial charge is 0.506 e. The SMILES string of the molecule is CN(CCCCC(=O)Nc1ccc(CNCCc2ccc(O)c3c2OCC(=O)N3)cc1)C(=O)CCN1CC2CCCC2C1. The summed E-state index contributed by atoms with van der Waals surface area (Å²) in [7, 11) is 1.87. The van der Waals surface area contributed by atoms with Gasteiger partial charge < -0.3 is 35.6 Å². The molecular formula is C33H45N5O5. The van der Waals surface area contributed by atoms with Crippen LogP contribution in [0.15, 0.2) is 36.4 Å². The van der Waals surface area contributed by atoms with Gasteiger partial charge in [-0.3, -0.25) is 14.4 Å². The average Bonchev–Trinajstić information content (AvgIpc) is 3.60. The van der Waals surface area contributed by atoms with Gasteiger partial charge in [0.1, 0.15) is 11.4 Å². The van der Waals surface area contributed by atoms with Crippen LogP contribution in [0.2, 0.25) is 0 Å². The number of ether oxygens (including phenoxy) is 1. The normalized spacial score (nSPS) is 19.3. The molecule has 0 bridgehead atoms. The molecule has 43 heavy (non-hydrogen) atoms. The van der Waals surface area contributed by atoms with E-state index in [2.05, 4.69) is 20.9 Å². The maximum Gasteiger partial charge on any atom is 0.262 e. The molecule has 5 rings (SSSR count). The van der Waals surface area contributed by atoms with Crippen LogP contribution < -0.4 is 20.7 Å². The van der Waals surface area contributed by atoms with Crippen molar-refractivity contribution in [3.8, 4) is 11.5 Å². The Bertz CT molecular complexity index is 1270. The second-order valence-corrected chi connectivity index (χ2v) is 12.2. The maximum atomic E-state index is 12.6. The number of rotatable bonds is 14. The lowest BCUT2D eigenvalue weighted by molar-refractivity contribution is -0.130. The summed E-state index contributed by atoms with van der Waals surface area (Å²) in [5.41, 5.74) is 3.10. The number of anilines is 2. The number of nitrogens with zero attached hydrogens (tertiary/aromatic N) is 2. The van der Waals surface area contributed by atoms with E-state index in [1.54, 1.807) is 6.07 Å². The van der Waals surface area contributed by atoms with E-state index >= 15 is 0 Å². The minimum Gasteiger partial charge on any atom is -0.506 e. The third-order valence-electron chi connectivity index (χ3n) is 8.98. The third kappa shape index (κ3) is 8.48. The van der Waals surface area contributed by atoms with Gasteiger partial charge in [-0.05, 0) is 79.8 Å². The fourth-order valence-electron chi connectivity index (χ4n) is 6.51. The number of amides is 3. The number of carbonyl (C=O) groups is 3. The number of phenols is 1. The molecule has 2 aromatic carbocycles. The Morgan fingerprint density at radius 2 is 1.84 bits per heavy atom. The van der Waals surface area contributed by atoms with E-state index in [0.29, 0.717) is 50.3 Å². The minimum atomic E-state index is -0.279. The molecule has 2 fully saturated rings. The molecule has 4 N–H and O–H groups in total. The molecule has 232 valence electrons. The Hall–Kier alpha value is -3.63. The zero-order valence-electron chi connectivity index (χ0n) is 25.2. The third-order valence-corrected chi connectivity index (χ3v) is 8.98. The van der Waals surface area contributed by atoms with Crippen molar-refractivity contribution in [2.75, 3.05) is 57.0 Å². The summed E-state index contributed by atoms with van der Waals surface area (Å²) in [6.07, 6.45) is 7.33. The number of hydrogen-bond donors (Lipinski definition) is 4. The second kappa shape index (κ2) is 14.7. The first-order valence-corrected chi connectivity index (χ1v) is 15.7. The number of nitrogens with one attached hydrogen (secondary N) is 3. The van der Waals surface area contributed by atoms with Gasteiger partial charge in [0, 0.05) is 58.3 Å². The first-order chi connectivity index (χ1) is 20.9. The van der Waals surface area contributed by atoms with Gasteiger partial charge in [-0.25, -0.2) is 0 Å². The monoisotopic (exact) mass is 591 g/mol. The van der Waals surface area contributed by atoms with Gasteiger partial charge in [-0.15, -0.1) is 0 Å². The van der Waals surface area contributed by atoms with E-state index in [4.69, 9.17) is 4.74 Å². The zero-order valence-corrected chi connectivity index (χ0v) is 25.2. The number of benzene rings is 2. The van der Waals surface area contributed by atoms with E-state index in [1.807, 2.05) is 42.3 Å². The first kappa shape index (κ1) is 30.8. The Labute approximate surface area is 254 Å². The van der Waals surface area contributed by atoms with Gasteiger partial charge in [-0.1, -0.05) is 24.6 Å². The summed E-state index contributed by atoms with van der Waals surface area (Å²) < 4.78 is 5.54. The molecule has 2 unspecified atom stereocenters. The number of likely N-dealkylation sites (tertiary alicyclic amines) is 1. The molecule has 10 heteroatoms. The second-order valence-electron chi connectivity index (χ2n) is 12.2. The van der Waals surface area contributed by atoms with Crippen molar-refractivity contribution < 1.29 is 24.2 Å². The molecule has 2 aliphatic heterocycles. The quantitative estimate of drug-likeness (QED) is 0.195. The molecule has 10 nitrogen and oxygen atoms in total. The number of phenolic OH excluding ortho intramolecular Hbond substituents is 1. The molecule has 0 aromatic heterocycles. The number of carbonyl (C=O) groups excluding carboxylic acids is 3. The van der Waals surface area contributed by atoms with Crippen molar-refractivity contribution in [1.29, 1.82) is 0 Å². The van der Waals surface area contributed by atoms with Crippen molar-refractivity contribution in [2.45, 2.75) is 57.9 Å². The van der Waals surface area contributed by atoms with Crippen LogP contribution >= 0.6 is 0 Å². The Kier molecular flexibility index (Phi) is 10.5.